The van der Waals surface area contributed by atoms with Gasteiger partial charge in [-0.1, -0.05) is 0 Å². The molecule has 6 heteroatoms. The molecule has 1 rings (SSSR count). The molecule has 1 saturated heterocycles. The minimum absolute atomic E-state index is 0.138. The van der Waals surface area contributed by atoms with Gasteiger partial charge in [0.25, 0.3) is 0 Å². The van der Waals surface area contributed by atoms with E-state index in [1.165, 1.54) is 6.54 Å². The summed E-state index contributed by atoms with van der Waals surface area (Å²) in [4.78, 5) is 0. The molecular weight excluding hydrogens is 149 g/mol. The van der Waals surface area contributed by atoms with Crippen molar-refractivity contribution in [3.8, 4) is 0 Å². The molecule has 1 heterocycles. The monoisotopic (exact) mass is 155 g/mol. The van der Waals surface area contributed by atoms with Crippen LogP contribution in [0.1, 0.15) is 0 Å². The Bertz CT molecular complexity index is 110. The van der Waals surface area contributed by atoms with Gasteiger partial charge in [-0.05, 0) is 0 Å². The van der Waals surface area contributed by atoms with Gasteiger partial charge in [-0.25, -0.2) is 0 Å². The fraction of sp³-hybridized carbons (Fsp3) is 0.750. The van der Waals surface area contributed by atoms with Crippen LogP contribution >= 0.6 is 0 Å². The summed E-state index contributed by atoms with van der Waals surface area (Å²) in [7, 11) is 0. The molecule has 0 aromatic rings. The summed E-state index contributed by atoms with van der Waals surface area (Å²) in [5.41, 5.74) is 4.86. The average molecular weight is 155 g/mol. The van der Waals surface area contributed by atoms with Crippen LogP contribution in [-0.2, 0) is 4.74 Å². The highest BCUT2D eigenvalue weighted by Gasteiger charge is 2.34. The zero-order valence-electron chi connectivity index (χ0n) is 4.90. The zero-order chi connectivity index (χ0) is 7.61. The Morgan fingerprint density at radius 3 is 2.60 bits per heavy atom. The Kier molecular flexibility index (Phi) is 2.12. The first-order chi connectivity index (χ1) is 4.58. The molecule has 0 aliphatic carbocycles. The van der Waals surface area contributed by atoms with Crippen LogP contribution in [-0.4, -0.2) is 19.0 Å². The molecule has 0 aromatic carbocycles. The van der Waals surface area contributed by atoms with Crippen molar-refractivity contribution in [2.75, 3.05) is 6.54 Å². The second kappa shape index (κ2) is 2.73. The van der Waals surface area contributed by atoms with Crippen molar-refractivity contribution in [1.82, 2.24) is 10.9 Å². The van der Waals surface area contributed by atoms with E-state index in [0.29, 0.717) is 0 Å². The van der Waals surface area contributed by atoms with Gasteiger partial charge in [0.15, 0.2) is 0 Å². The third-order valence-corrected chi connectivity index (χ3v) is 0.960. The zero-order valence-corrected chi connectivity index (χ0v) is 4.90. The van der Waals surface area contributed by atoms with Crippen LogP contribution in [0.2, 0.25) is 0 Å². The van der Waals surface area contributed by atoms with E-state index in [1.54, 1.807) is 0 Å². The molecule has 1 unspecified atom stereocenters. The number of rotatable bonds is 1. The van der Waals surface area contributed by atoms with Gasteiger partial charge in [-0.3, -0.25) is 15.6 Å². The van der Waals surface area contributed by atoms with E-state index in [0.717, 1.165) is 0 Å². The van der Waals surface area contributed by atoms with Crippen molar-refractivity contribution < 1.29 is 17.9 Å². The molecule has 2 N–H and O–H groups in total. The molecule has 10 heavy (non-hydrogen) atoms. The Labute approximate surface area is 55.5 Å². The summed E-state index contributed by atoms with van der Waals surface area (Å²) < 4.78 is 37.8. The lowest BCUT2D eigenvalue weighted by atomic mass is 10.4. The van der Waals surface area contributed by atoms with Crippen molar-refractivity contribution >= 4 is 0 Å². The number of halogens is 3. The smallest absolute Gasteiger partial charge is 0.285 e. The Morgan fingerprint density at radius 2 is 2.20 bits per heavy atom. The van der Waals surface area contributed by atoms with E-state index in [2.05, 4.69) is 15.6 Å². The van der Waals surface area contributed by atoms with Crippen LogP contribution in [0, 0.1) is 6.54 Å². The lowest BCUT2D eigenvalue weighted by molar-refractivity contribution is -0.336. The molecule has 1 aliphatic rings. The minimum atomic E-state index is -4.55. The van der Waals surface area contributed by atoms with E-state index >= 15 is 0 Å². The molecule has 0 amide bonds. The fourth-order valence-electron chi connectivity index (χ4n) is 0.618. The molecule has 0 saturated carbocycles. The van der Waals surface area contributed by atoms with Gasteiger partial charge < -0.3 is 0 Å². The highest BCUT2D eigenvalue weighted by Crippen LogP contribution is 2.19. The van der Waals surface area contributed by atoms with Crippen LogP contribution in [0.3, 0.4) is 0 Å². The third-order valence-electron chi connectivity index (χ3n) is 0.960. The summed E-state index contributed by atoms with van der Waals surface area (Å²) in [6.45, 7) is 1.34. The Morgan fingerprint density at radius 1 is 1.50 bits per heavy atom. The summed E-state index contributed by atoms with van der Waals surface area (Å²) in [6.07, 6.45) is -5.46. The molecule has 3 nitrogen and oxygen atoms in total. The topological polar surface area (TPSA) is 33.3 Å². The predicted octanol–water partition coefficient (Wildman–Crippen LogP) is 0.161. The summed E-state index contributed by atoms with van der Waals surface area (Å²) >= 11 is 0. The molecule has 1 aliphatic heterocycles. The van der Waals surface area contributed by atoms with E-state index < -0.39 is 12.5 Å². The number of ether oxygens (including phenoxy) is 1. The van der Waals surface area contributed by atoms with E-state index in [4.69, 9.17) is 0 Å². The van der Waals surface area contributed by atoms with Crippen molar-refractivity contribution in [1.29, 1.82) is 0 Å². The number of alkyl halides is 3. The van der Waals surface area contributed by atoms with Crippen LogP contribution in [0.4, 0.5) is 13.2 Å². The summed E-state index contributed by atoms with van der Waals surface area (Å²) in [6, 6.07) is 0. The molecule has 0 bridgehead atoms. The predicted molar refractivity (Wildman–Crippen MR) is 26.4 cm³/mol. The molecule has 1 atom stereocenters. The first-order valence-corrected chi connectivity index (χ1v) is 2.64. The van der Waals surface area contributed by atoms with Gasteiger partial charge >= 0.3 is 6.36 Å². The SMILES string of the molecule is FC(F)(F)OC1[CH]NNC1. The highest BCUT2D eigenvalue weighted by molar-refractivity contribution is 4.81. The van der Waals surface area contributed by atoms with Crippen LogP contribution in [0.15, 0.2) is 0 Å². The quantitative estimate of drug-likeness (QED) is 0.566. The van der Waals surface area contributed by atoms with Gasteiger partial charge in [0.2, 0.25) is 0 Å². The summed E-state index contributed by atoms with van der Waals surface area (Å²) in [5, 5.41) is 0. The summed E-state index contributed by atoms with van der Waals surface area (Å²) in [5.74, 6) is 0. The van der Waals surface area contributed by atoms with Gasteiger partial charge in [0.05, 0.1) is 12.6 Å². The van der Waals surface area contributed by atoms with Crippen LogP contribution < -0.4 is 10.9 Å². The fourth-order valence-corrected chi connectivity index (χ4v) is 0.618. The first-order valence-electron chi connectivity index (χ1n) is 2.64. The van der Waals surface area contributed by atoms with Crippen molar-refractivity contribution in [3.05, 3.63) is 6.54 Å². The number of hydrazine groups is 1. The molecule has 0 spiro atoms. The number of hydrogen-bond donors (Lipinski definition) is 2. The van der Waals surface area contributed by atoms with Gasteiger partial charge in [-0.2, -0.15) is 0 Å². The maximum Gasteiger partial charge on any atom is 0.522 e. The number of nitrogens with one attached hydrogen (secondary N) is 2. The number of hydrogen-bond acceptors (Lipinski definition) is 3. The standard InChI is InChI=1S/C4H6F3N2O/c5-4(6,7)10-3-1-8-9-2-3/h1,3,8-9H,2H2. The van der Waals surface area contributed by atoms with Crippen LogP contribution in [0.5, 0.6) is 0 Å². The van der Waals surface area contributed by atoms with Crippen molar-refractivity contribution in [3.63, 3.8) is 0 Å². The molecule has 1 radical (unpaired) electrons. The van der Waals surface area contributed by atoms with Crippen molar-refractivity contribution in [2.24, 2.45) is 0 Å². The minimum Gasteiger partial charge on any atom is -0.285 e. The average Bonchev–Trinajstić information content (AvgIpc) is 2.12. The highest BCUT2D eigenvalue weighted by atomic mass is 19.4. The lowest BCUT2D eigenvalue weighted by Crippen LogP contribution is -2.25. The molecule has 59 valence electrons. The Hall–Kier alpha value is -0.330. The molecule has 1 fully saturated rings. The van der Waals surface area contributed by atoms with Gasteiger partial charge in [0.1, 0.15) is 0 Å². The second-order valence-electron chi connectivity index (χ2n) is 1.79. The maximum absolute atomic E-state index is 11.4. The first kappa shape index (κ1) is 7.77. The molecule has 0 aromatic heterocycles. The van der Waals surface area contributed by atoms with Gasteiger partial charge in [0, 0.05) is 6.54 Å². The van der Waals surface area contributed by atoms with Crippen LogP contribution in [0.25, 0.3) is 0 Å². The van der Waals surface area contributed by atoms with E-state index in [-0.39, 0.29) is 6.54 Å². The maximum atomic E-state index is 11.4. The van der Waals surface area contributed by atoms with E-state index in [1.807, 2.05) is 0 Å². The van der Waals surface area contributed by atoms with E-state index in [9.17, 15) is 13.2 Å². The second-order valence-corrected chi connectivity index (χ2v) is 1.79. The van der Waals surface area contributed by atoms with Gasteiger partial charge in [-0.15, -0.1) is 13.2 Å². The van der Waals surface area contributed by atoms with Crippen molar-refractivity contribution in [2.45, 2.75) is 12.5 Å². The third kappa shape index (κ3) is 2.51. The lowest BCUT2D eigenvalue weighted by Gasteiger charge is -2.10. The molecular formula is C4H6F3N2O. The Balaban J connectivity index is 2.24. The largest absolute Gasteiger partial charge is 0.522 e. The normalized spacial score (nSPS) is 21.9.